The Morgan fingerprint density at radius 3 is 2.42 bits per heavy atom. The summed E-state index contributed by atoms with van der Waals surface area (Å²) in [5.74, 6) is 0.708. The van der Waals surface area contributed by atoms with Gasteiger partial charge in [0.1, 0.15) is 5.75 Å². The molecule has 1 aromatic carbocycles. The van der Waals surface area contributed by atoms with Gasteiger partial charge in [0, 0.05) is 12.2 Å². The van der Waals surface area contributed by atoms with Crippen LogP contribution in [0.25, 0.3) is 0 Å². The highest BCUT2D eigenvalue weighted by atomic mass is 16.5. The molecule has 0 aliphatic rings. The highest BCUT2D eigenvalue weighted by Gasteiger charge is 2.17. The molecule has 1 rings (SSSR count). The zero-order chi connectivity index (χ0) is 14.3. The number of benzene rings is 1. The molecular formula is C14H20N2O3. The monoisotopic (exact) mass is 264 g/mol. The highest BCUT2D eigenvalue weighted by molar-refractivity contribution is 6.04. The summed E-state index contributed by atoms with van der Waals surface area (Å²) in [6, 6.07) is 6.84. The fraction of sp³-hybridized carbons (Fsp3) is 0.429. The van der Waals surface area contributed by atoms with Crippen LogP contribution in [0, 0.1) is 5.41 Å². The Morgan fingerprint density at radius 1 is 1.32 bits per heavy atom. The van der Waals surface area contributed by atoms with Crippen LogP contribution >= 0.6 is 0 Å². The third-order valence-electron chi connectivity index (χ3n) is 2.65. The van der Waals surface area contributed by atoms with Gasteiger partial charge in [-0.3, -0.25) is 15.1 Å². The Balaban J connectivity index is 2.77. The van der Waals surface area contributed by atoms with Crippen molar-refractivity contribution in [2.45, 2.75) is 13.8 Å². The van der Waals surface area contributed by atoms with Crippen LogP contribution in [-0.4, -0.2) is 43.5 Å². The summed E-state index contributed by atoms with van der Waals surface area (Å²) in [6.07, 6.45) is 0. The third-order valence-corrected chi connectivity index (χ3v) is 2.65. The van der Waals surface area contributed by atoms with Gasteiger partial charge in [0.25, 0.3) is 5.91 Å². The van der Waals surface area contributed by atoms with Crippen LogP contribution in [0.4, 0.5) is 0 Å². The Kier molecular flexibility index (Phi) is 6.02. The largest absolute Gasteiger partial charge is 0.497 e. The van der Waals surface area contributed by atoms with Crippen molar-refractivity contribution in [3.63, 3.8) is 0 Å². The molecule has 104 valence electrons. The summed E-state index contributed by atoms with van der Waals surface area (Å²) in [6.45, 7) is 4.89. The van der Waals surface area contributed by atoms with Crippen LogP contribution in [0.2, 0.25) is 0 Å². The standard InChI is InChI=1S/C14H20N2O3/c1-4-19-10-9-16(11(2)15)14(17)12-5-7-13(18-3)8-6-12/h5-8,15H,4,9-10H2,1-3H3. The first-order valence-corrected chi connectivity index (χ1v) is 6.19. The number of nitrogens with zero attached hydrogens (tertiary/aromatic N) is 1. The first kappa shape index (κ1) is 15.2. The highest BCUT2D eigenvalue weighted by Crippen LogP contribution is 2.13. The molecule has 1 N–H and O–H groups in total. The molecule has 19 heavy (non-hydrogen) atoms. The predicted octanol–water partition coefficient (Wildman–Crippen LogP) is 2.17. The van der Waals surface area contributed by atoms with Crippen LogP contribution in [0.5, 0.6) is 5.75 Å². The molecular weight excluding hydrogens is 244 g/mol. The van der Waals surface area contributed by atoms with Crippen molar-refractivity contribution in [2.75, 3.05) is 26.9 Å². The molecule has 0 fully saturated rings. The van der Waals surface area contributed by atoms with E-state index in [2.05, 4.69) is 0 Å². The maximum absolute atomic E-state index is 12.3. The van der Waals surface area contributed by atoms with Gasteiger partial charge < -0.3 is 9.47 Å². The molecule has 0 saturated carbocycles. The van der Waals surface area contributed by atoms with E-state index in [4.69, 9.17) is 14.9 Å². The summed E-state index contributed by atoms with van der Waals surface area (Å²) >= 11 is 0. The van der Waals surface area contributed by atoms with E-state index in [-0.39, 0.29) is 11.7 Å². The normalized spacial score (nSPS) is 10.1. The number of nitrogens with one attached hydrogen (secondary N) is 1. The molecule has 0 unspecified atom stereocenters. The molecule has 1 amide bonds. The molecule has 0 radical (unpaired) electrons. The number of carbonyl (C=O) groups excluding carboxylic acids is 1. The number of amidine groups is 1. The van der Waals surface area contributed by atoms with E-state index in [0.29, 0.717) is 31.1 Å². The van der Waals surface area contributed by atoms with E-state index < -0.39 is 0 Å². The van der Waals surface area contributed by atoms with E-state index >= 15 is 0 Å². The summed E-state index contributed by atoms with van der Waals surface area (Å²) in [7, 11) is 1.58. The average Bonchev–Trinajstić information content (AvgIpc) is 2.42. The van der Waals surface area contributed by atoms with Gasteiger partial charge in [-0.15, -0.1) is 0 Å². The fourth-order valence-corrected chi connectivity index (χ4v) is 1.61. The molecule has 0 heterocycles. The zero-order valence-electron chi connectivity index (χ0n) is 11.6. The molecule has 1 aromatic rings. The summed E-state index contributed by atoms with van der Waals surface area (Å²) in [4.78, 5) is 13.7. The number of rotatable bonds is 6. The fourth-order valence-electron chi connectivity index (χ4n) is 1.61. The minimum absolute atomic E-state index is 0.199. The predicted molar refractivity (Wildman–Crippen MR) is 73.9 cm³/mol. The molecule has 5 heteroatoms. The lowest BCUT2D eigenvalue weighted by atomic mass is 10.2. The van der Waals surface area contributed by atoms with Crippen LogP contribution < -0.4 is 4.74 Å². The number of ether oxygens (including phenoxy) is 2. The van der Waals surface area contributed by atoms with E-state index in [0.717, 1.165) is 0 Å². The van der Waals surface area contributed by atoms with Gasteiger partial charge in [-0.25, -0.2) is 0 Å². The first-order chi connectivity index (χ1) is 9.10. The van der Waals surface area contributed by atoms with Crippen LogP contribution in [-0.2, 0) is 4.74 Å². The van der Waals surface area contributed by atoms with Gasteiger partial charge in [-0.2, -0.15) is 0 Å². The second-order valence-electron chi connectivity index (χ2n) is 3.97. The molecule has 0 aliphatic heterocycles. The number of carbonyl (C=O) groups is 1. The van der Waals surface area contributed by atoms with Crippen molar-refractivity contribution < 1.29 is 14.3 Å². The van der Waals surface area contributed by atoms with Gasteiger partial charge >= 0.3 is 0 Å². The molecule has 0 spiro atoms. The van der Waals surface area contributed by atoms with Gasteiger partial charge in [0.2, 0.25) is 0 Å². The summed E-state index contributed by atoms with van der Waals surface area (Å²) in [5.41, 5.74) is 0.531. The Labute approximate surface area is 113 Å². The van der Waals surface area contributed by atoms with Crippen molar-refractivity contribution in [1.82, 2.24) is 4.90 Å². The van der Waals surface area contributed by atoms with Gasteiger partial charge in [-0.05, 0) is 38.1 Å². The van der Waals surface area contributed by atoms with E-state index in [9.17, 15) is 4.79 Å². The smallest absolute Gasteiger partial charge is 0.259 e. The third kappa shape index (κ3) is 4.37. The number of methoxy groups -OCH3 is 1. The molecule has 0 saturated heterocycles. The van der Waals surface area contributed by atoms with Crippen LogP contribution in [0.15, 0.2) is 24.3 Å². The van der Waals surface area contributed by atoms with Gasteiger partial charge in [0.15, 0.2) is 0 Å². The molecule has 0 bridgehead atoms. The quantitative estimate of drug-likeness (QED) is 0.486. The topological polar surface area (TPSA) is 62.6 Å². The molecule has 0 atom stereocenters. The van der Waals surface area contributed by atoms with Crippen molar-refractivity contribution >= 4 is 11.7 Å². The zero-order valence-corrected chi connectivity index (χ0v) is 11.6. The maximum Gasteiger partial charge on any atom is 0.259 e. The Bertz CT molecular complexity index is 429. The molecule has 0 aliphatic carbocycles. The van der Waals surface area contributed by atoms with E-state index in [1.165, 1.54) is 4.90 Å². The van der Waals surface area contributed by atoms with Crippen LogP contribution in [0.1, 0.15) is 24.2 Å². The lowest BCUT2D eigenvalue weighted by Crippen LogP contribution is -2.37. The maximum atomic E-state index is 12.3. The minimum atomic E-state index is -0.199. The van der Waals surface area contributed by atoms with E-state index in [1.54, 1.807) is 38.3 Å². The van der Waals surface area contributed by atoms with Crippen molar-refractivity contribution in [3.05, 3.63) is 29.8 Å². The van der Waals surface area contributed by atoms with Crippen LogP contribution in [0.3, 0.4) is 0 Å². The second kappa shape index (κ2) is 7.53. The van der Waals surface area contributed by atoms with Crippen molar-refractivity contribution in [1.29, 1.82) is 5.41 Å². The first-order valence-electron chi connectivity index (χ1n) is 6.19. The number of amides is 1. The van der Waals surface area contributed by atoms with Gasteiger partial charge in [-0.1, -0.05) is 0 Å². The Morgan fingerprint density at radius 2 is 1.95 bits per heavy atom. The minimum Gasteiger partial charge on any atom is -0.497 e. The Hall–Kier alpha value is -1.88. The number of hydrogen-bond acceptors (Lipinski definition) is 4. The lowest BCUT2D eigenvalue weighted by molar-refractivity contribution is 0.0777. The SMILES string of the molecule is CCOCCN(C(C)=N)C(=O)c1ccc(OC)cc1. The molecule has 0 aromatic heterocycles. The lowest BCUT2D eigenvalue weighted by Gasteiger charge is -2.21. The van der Waals surface area contributed by atoms with Crippen molar-refractivity contribution in [2.24, 2.45) is 0 Å². The molecule has 5 nitrogen and oxygen atoms in total. The van der Waals surface area contributed by atoms with Gasteiger partial charge in [0.05, 0.1) is 26.1 Å². The summed E-state index contributed by atoms with van der Waals surface area (Å²) < 4.78 is 10.3. The number of hydrogen-bond donors (Lipinski definition) is 1. The summed E-state index contributed by atoms with van der Waals surface area (Å²) in [5, 5.41) is 7.67. The second-order valence-corrected chi connectivity index (χ2v) is 3.97. The van der Waals surface area contributed by atoms with E-state index in [1.807, 2.05) is 6.92 Å². The average molecular weight is 264 g/mol. The van der Waals surface area contributed by atoms with Crippen molar-refractivity contribution in [3.8, 4) is 5.75 Å².